The molecule has 0 unspecified atom stereocenters. The predicted octanol–water partition coefficient (Wildman–Crippen LogP) is 4.86. The summed E-state index contributed by atoms with van der Waals surface area (Å²) < 4.78 is 5.93. The fourth-order valence-electron chi connectivity index (χ4n) is 3.27. The average molecular weight is 327 g/mol. The summed E-state index contributed by atoms with van der Waals surface area (Å²) in [6.45, 7) is 3.19. The van der Waals surface area contributed by atoms with Gasteiger partial charge in [-0.3, -0.25) is 4.90 Å². The average Bonchev–Trinajstić information content (AvgIpc) is 2.99. The Morgan fingerprint density at radius 1 is 1.09 bits per heavy atom. The van der Waals surface area contributed by atoms with E-state index in [1.807, 2.05) is 18.2 Å². The Balaban J connectivity index is 1.42. The number of rotatable bonds is 3. The van der Waals surface area contributed by atoms with Crippen LogP contribution in [-0.2, 0) is 6.54 Å². The molecule has 0 amide bonds. The first kappa shape index (κ1) is 14.7. The number of hydrogen-bond acceptors (Lipinski definition) is 3. The SMILES string of the molecule is Clc1ccc2oc(C3CCN(Cc4ccccc4)CC3)nc2c1. The van der Waals surface area contributed by atoms with Crippen LogP contribution in [0.15, 0.2) is 52.9 Å². The smallest absolute Gasteiger partial charge is 0.198 e. The molecule has 1 aliphatic rings. The van der Waals surface area contributed by atoms with Gasteiger partial charge >= 0.3 is 0 Å². The van der Waals surface area contributed by atoms with Gasteiger partial charge in [0, 0.05) is 17.5 Å². The number of likely N-dealkylation sites (tertiary alicyclic amines) is 1. The van der Waals surface area contributed by atoms with Crippen LogP contribution >= 0.6 is 11.6 Å². The molecule has 118 valence electrons. The Labute approximate surface area is 140 Å². The quantitative estimate of drug-likeness (QED) is 0.688. The van der Waals surface area contributed by atoms with Crippen molar-refractivity contribution in [2.24, 2.45) is 0 Å². The molecule has 0 aliphatic carbocycles. The van der Waals surface area contributed by atoms with Crippen LogP contribution in [0.3, 0.4) is 0 Å². The summed E-state index contributed by atoms with van der Waals surface area (Å²) in [6.07, 6.45) is 2.18. The number of fused-ring (bicyclic) bond motifs is 1. The Kier molecular flexibility index (Phi) is 4.06. The van der Waals surface area contributed by atoms with Crippen LogP contribution in [0, 0.1) is 0 Å². The number of benzene rings is 2. The second-order valence-corrected chi connectivity index (χ2v) is 6.64. The molecule has 4 heteroatoms. The largest absolute Gasteiger partial charge is 0.440 e. The van der Waals surface area contributed by atoms with Gasteiger partial charge in [0.2, 0.25) is 0 Å². The molecule has 2 heterocycles. The third-order valence-corrected chi connectivity index (χ3v) is 4.79. The van der Waals surface area contributed by atoms with Crippen LogP contribution < -0.4 is 0 Å². The van der Waals surface area contributed by atoms with Gasteiger partial charge in [0.25, 0.3) is 0 Å². The third kappa shape index (κ3) is 3.26. The molecular weight excluding hydrogens is 308 g/mol. The van der Waals surface area contributed by atoms with E-state index in [1.54, 1.807) is 0 Å². The van der Waals surface area contributed by atoms with Crippen LogP contribution in [0.5, 0.6) is 0 Å². The molecule has 2 aromatic carbocycles. The maximum absolute atomic E-state index is 6.02. The number of hydrogen-bond donors (Lipinski definition) is 0. The topological polar surface area (TPSA) is 29.3 Å². The first-order valence-electron chi connectivity index (χ1n) is 8.10. The Bertz CT molecular complexity index is 791. The second kappa shape index (κ2) is 6.34. The zero-order valence-electron chi connectivity index (χ0n) is 12.9. The van der Waals surface area contributed by atoms with Crippen LogP contribution in [0.2, 0.25) is 5.02 Å². The third-order valence-electron chi connectivity index (χ3n) is 4.55. The van der Waals surface area contributed by atoms with E-state index >= 15 is 0 Å². The van der Waals surface area contributed by atoms with E-state index in [2.05, 4.69) is 40.2 Å². The van der Waals surface area contributed by atoms with Gasteiger partial charge in [0.1, 0.15) is 5.52 Å². The highest BCUT2D eigenvalue weighted by Crippen LogP contribution is 2.31. The first-order chi connectivity index (χ1) is 11.3. The number of piperidine rings is 1. The minimum absolute atomic E-state index is 0.410. The van der Waals surface area contributed by atoms with Crippen molar-refractivity contribution in [3.63, 3.8) is 0 Å². The molecule has 0 spiro atoms. The molecule has 0 bridgehead atoms. The van der Waals surface area contributed by atoms with Gasteiger partial charge in [-0.1, -0.05) is 41.9 Å². The van der Waals surface area contributed by atoms with Gasteiger partial charge in [0.05, 0.1) is 0 Å². The van der Waals surface area contributed by atoms with E-state index in [1.165, 1.54) is 5.56 Å². The van der Waals surface area contributed by atoms with Crippen molar-refractivity contribution in [2.45, 2.75) is 25.3 Å². The minimum Gasteiger partial charge on any atom is -0.440 e. The Morgan fingerprint density at radius 3 is 2.65 bits per heavy atom. The number of halogens is 1. The highest BCUT2D eigenvalue weighted by Gasteiger charge is 2.24. The molecule has 0 N–H and O–H groups in total. The molecule has 0 saturated carbocycles. The van der Waals surface area contributed by atoms with Crippen molar-refractivity contribution in [3.8, 4) is 0 Å². The van der Waals surface area contributed by atoms with Crippen molar-refractivity contribution < 1.29 is 4.42 Å². The highest BCUT2D eigenvalue weighted by atomic mass is 35.5. The summed E-state index contributed by atoms with van der Waals surface area (Å²) in [4.78, 5) is 7.14. The molecule has 0 radical (unpaired) electrons. The van der Waals surface area contributed by atoms with Crippen LogP contribution in [0.25, 0.3) is 11.1 Å². The summed E-state index contributed by atoms with van der Waals surface area (Å²) >= 11 is 6.02. The predicted molar refractivity (Wildman–Crippen MR) is 92.7 cm³/mol. The van der Waals surface area contributed by atoms with Crippen molar-refractivity contribution in [1.29, 1.82) is 0 Å². The Hall–Kier alpha value is -1.84. The zero-order valence-corrected chi connectivity index (χ0v) is 13.7. The fourth-order valence-corrected chi connectivity index (χ4v) is 3.44. The van der Waals surface area contributed by atoms with Gasteiger partial charge in [0.15, 0.2) is 11.5 Å². The lowest BCUT2D eigenvalue weighted by atomic mass is 9.96. The molecule has 23 heavy (non-hydrogen) atoms. The summed E-state index contributed by atoms with van der Waals surface area (Å²) in [5.41, 5.74) is 3.07. The molecule has 4 rings (SSSR count). The molecule has 1 aromatic heterocycles. The van der Waals surface area contributed by atoms with Crippen LogP contribution in [0.4, 0.5) is 0 Å². The van der Waals surface area contributed by atoms with Crippen molar-refractivity contribution in [2.75, 3.05) is 13.1 Å². The molecule has 1 aliphatic heterocycles. The number of nitrogens with zero attached hydrogens (tertiary/aromatic N) is 2. The van der Waals surface area contributed by atoms with Gasteiger partial charge in [-0.05, 0) is 49.7 Å². The molecule has 1 saturated heterocycles. The molecule has 3 nitrogen and oxygen atoms in total. The van der Waals surface area contributed by atoms with E-state index in [9.17, 15) is 0 Å². The van der Waals surface area contributed by atoms with E-state index in [4.69, 9.17) is 16.0 Å². The van der Waals surface area contributed by atoms with E-state index in [-0.39, 0.29) is 0 Å². The van der Waals surface area contributed by atoms with Gasteiger partial charge in [-0.25, -0.2) is 4.98 Å². The molecule has 1 fully saturated rings. The highest BCUT2D eigenvalue weighted by molar-refractivity contribution is 6.31. The first-order valence-corrected chi connectivity index (χ1v) is 8.48. The molecule has 0 atom stereocenters. The van der Waals surface area contributed by atoms with Crippen molar-refractivity contribution >= 4 is 22.7 Å². The summed E-state index contributed by atoms with van der Waals surface area (Å²) in [5, 5.41) is 0.704. The fraction of sp³-hybridized carbons (Fsp3) is 0.316. The van der Waals surface area contributed by atoms with Gasteiger partial charge < -0.3 is 4.42 Å². The minimum atomic E-state index is 0.410. The van der Waals surface area contributed by atoms with Gasteiger partial charge in [-0.15, -0.1) is 0 Å². The van der Waals surface area contributed by atoms with E-state index < -0.39 is 0 Å². The summed E-state index contributed by atoms with van der Waals surface area (Å²) in [7, 11) is 0. The lowest BCUT2D eigenvalue weighted by molar-refractivity contribution is 0.194. The second-order valence-electron chi connectivity index (χ2n) is 6.20. The summed E-state index contributed by atoms with van der Waals surface area (Å²) in [6, 6.07) is 16.3. The number of oxazole rings is 1. The van der Waals surface area contributed by atoms with Gasteiger partial charge in [-0.2, -0.15) is 0 Å². The van der Waals surface area contributed by atoms with Crippen molar-refractivity contribution in [3.05, 3.63) is 65.0 Å². The Morgan fingerprint density at radius 2 is 1.87 bits per heavy atom. The number of aromatic nitrogens is 1. The standard InChI is InChI=1S/C19H19ClN2O/c20-16-6-7-18-17(12-16)21-19(23-18)15-8-10-22(11-9-15)13-14-4-2-1-3-5-14/h1-7,12,15H,8-11,13H2. The zero-order chi connectivity index (χ0) is 15.6. The maximum atomic E-state index is 6.02. The van der Waals surface area contributed by atoms with Crippen LogP contribution in [0.1, 0.15) is 30.2 Å². The van der Waals surface area contributed by atoms with Crippen LogP contribution in [-0.4, -0.2) is 23.0 Å². The normalized spacial score (nSPS) is 16.9. The lowest BCUT2D eigenvalue weighted by Gasteiger charge is -2.30. The monoisotopic (exact) mass is 326 g/mol. The van der Waals surface area contributed by atoms with Crippen molar-refractivity contribution in [1.82, 2.24) is 9.88 Å². The molecule has 3 aromatic rings. The summed E-state index contributed by atoms with van der Waals surface area (Å²) in [5.74, 6) is 1.27. The van der Waals surface area contributed by atoms with E-state index in [0.29, 0.717) is 10.9 Å². The lowest BCUT2D eigenvalue weighted by Crippen LogP contribution is -2.32. The van der Waals surface area contributed by atoms with E-state index in [0.717, 1.165) is 49.5 Å². The maximum Gasteiger partial charge on any atom is 0.198 e. The molecular formula is C19H19ClN2O.